The van der Waals surface area contributed by atoms with Gasteiger partial charge < -0.3 is 5.11 Å². The van der Waals surface area contributed by atoms with Crippen LogP contribution < -0.4 is 0 Å². The van der Waals surface area contributed by atoms with Gasteiger partial charge in [-0.25, -0.2) is 0 Å². The molecule has 1 fully saturated rings. The smallest absolute Gasteiger partial charge is 0.0598 e. The molecule has 2 heteroatoms. The number of rotatable bonds is 2. The van der Waals surface area contributed by atoms with Crippen molar-refractivity contribution < 1.29 is 5.11 Å². The van der Waals surface area contributed by atoms with Crippen molar-refractivity contribution in [3.05, 3.63) is 0 Å². The quantitative estimate of drug-likeness (QED) is 0.590. The fourth-order valence-electron chi connectivity index (χ4n) is 1.44. The van der Waals surface area contributed by atoms with E-state index in [1.54, 1.807) is 0 Å². The zero-order valence-corrected chi connectivity index (χ0v) is 6.77. The first-order valence-corrected chi connectivity index (χ1v) is 5.06. The summed E-state index contributed by atoms with van der Waals surface area (Å²) < 4.78 is 0. The molecule has 0 aromatic heterocycles. The van der Waals surface area contributed by atoms with E-state index in [0.29, 0.717) is 6.35 Å². The number of hydrogen-bond acceptors (Lipinski definition) is 1. The van der Waals surface area contributed by atoms with Crippen LogP contribution in [0.4, 0.5) is 0 Å². The van der Waals surface area contributed by atoms with Gasteiger partial charge in [-0.15, -0.1) is 0 Å². The van der Waals surface area contributed by atoms with Gasteiger partial charge >= 0.3 is 0 Å². The van der Waals surface area contributed by atoms with Gasteiger partial charge in [-0.3, -0.25) is 0 Å². The van der Waals surface area contributed by atoms with Crippen molar-refractivity contribution in [3.63, 3.8) is 0 Å². The van der Waals surface area contributed by atoms with Crippen LogP contribution in [0.5, 0.6) is 0 Å². The summed E-state index contributed by atoms with van der Waals surface area (Å²) in [6.07, 6.45) is 7.39. The molecule has 1 N–H and O–H groups in total. The first-order chi connectivity index (χ1) is 4.43. The standard InChI is InChI=1S/C7H15OP/c8-6-9-7-4-2-1-3-5-7/h7-9H,1-6H2. The highest BCUT2D eigenvalue weighted by atomic mass is 31.1. The van der Waals surface area contributed by atoms with E-state index in [1.807, 2.05) is 0 Å². The predicted octanol–water partition coefficient (Wildman–Crippen LogP) is 1.95. The lowest BCUT2D eigenvalue weighted by Crippen LogP contribution is -2.06. The molecule has 1 rings (SSSR count). The highest BCUT2D eigenvalue weighted by Gasteiger charge is 2.11. The second-order valence-corrected chi connectivity index (χ2v) is 4.24. The Morgan fingerprint density at radius 3 is 2.44 bits per heavy atom. The van der Waals surface area contributed by atoms with Gasteiger partial charge in [0.05, 0.1) is 6.35 Å². The van der Waals surface area contributed by atoms with Crippen molar-refractivity contribution in [3.8, 4) is 0 Å². The third kappa shape index (κ3) is 2.64. The largest absolute Gasteiger partial charge is 0.392 e. The van der Waals surface area contributed by atoms with Gasteiger partial charge in [0.1, 0.15) is 0 Å². The maximum atomic E-state index is 8.63. The summed E-state index contributed by atoms with van der Waals surface area (Å²) in [6.45, 7) is 0. The lowest BCUT2D eigenvalue weighted by Gasteiger charge is -2.19. The van der Waals surface area contributed by atoms with E-state index < -0.39 is 0 Å². The average Bonchev–Trinajstić information content (AvgIpc) is 1.91. The Kier molecular flexibility index (Phi) is 3.54. The van der Waals surface area contributed by atoms with Crippen LogP contribution in [-0.4, -0.2) is 17.1 Å². The van der Waals surface area contributed by atoms with Crippen molar-refractivity contribution >= 4 is 8.58 Å². The Morgan fingerprint density at radius 2 is 1.89 bits per heavy atom. The van der Waals surface area contributed by atoms with Crippen LogP contribution in [-0.2, 0) is 0 Å². The first kappa shape index (κ1) is 7.50. The van der Waals surface area contributed by atoms with Crippen molar-refractivity contribution in [2.24, 2.45) is 0 Å². The second-order valence-electron chi connectivity index (χ2n) is 2.70. The lowest BCUT2D eigenvalue weighted by molar-refractivity contribution is 0.369. The molecule has 0 heterocycles. The maximum absolute atomic E-state index is 8.63. The van der Waals surface area contributed by atoms with E-state index in [9.17, 15) is 0 Å². The Balaban J connectivity index is 2.08. The van der Waals surface area contributed by atoms with Gasteiger partial charge in [-0.05, 0) is 18.5 Å². The van der Waals surface area contributed by atoms with Crippen LogP contribution in [0.25, 0.3) is 0 Å². The van der Waals surface area contributed by atoms with Crippen molar-refractivity contribution in [1.29, 1.82) is 0 Å². The zero-order chi connectivity index (χ0) is 6.53. The summed E-state index contributed by atoms with van der Waals surface area (Å²) in [5.41, 5.74) is 0.878. The van der Waals surface area contributed by atoms with Gasteiger partial charge in [0.2, 0.25) is 0 Å². The van der Waals surface area contributed by atoms with E-state index in [4.69, 9.17) is 5.11 Å². The van der Waals surface area contributed by atoms with Crippen molar-refractivity contribution in [2.75, 3.05) is 6.35 Å². The Hall–Kier alpha value is 0.390. The molecule has 0 aliphatic heterocycles. The summed E-state index contributed by atoms with van der Waals surface area (Å²) in [5, 5.41) is 8.63. The average molecular weight is 146 g/mol. The molecule has 0 amide bonds. The molecule has 1 aliphatic rings. The molecule has 1 nitrogen and oxygen atoms in total. The van der Waals surface area contributed by atoms with E-state index in [-0.39, 0.29) is 0 Å². The SMILES string of the molecule is OCPC1CCCCC1. The van der Waals surface area contributed by atoms with Gasteiger partial charge in [0.25, 0.3) is 0 Å². The minimum Gasteiger partial charge on any atom is -0.392 e. The van der Waals surface area contributed by atoms with Gasteiger partial charge in [-0.1, -0.05) is 27.8 Å². The maximum Gasteiger partial charge on any atom is 0.0598 e. The summed E-state index contributed by atoms with van der Waals surface area (Å²) in [5.74, 6) is 0. The molecule has 0 aromatic rings. The summed E-state index contributed by atoms with van der Waals surface area (Å²) in [4.78, 5) is 0. The monoisotopic (exact) mass is 146 g/mol. The first-order valence-electron chi connectivity index (χ1n) is 3.77. The van der Waals surface area contributed by atoms with E-state index in [1.165, 1.54) is 32.1 Å². The van der Waals surface area contributed by atoms with E-state index >= 15 is 0 Å². The number of aliphatic hydroxyl groups is 1. The van der Waals surface area contributed by atoms with Crippen LogP contribution in [0.2, 0.25) is 0 Å². The molecule has 1 unspecified atom stereocenters. The lowest BCUT2D eigenvalue weighted by atomic mass is 10.0. The molecule has 1 aliphatic carbocycles. The topological polar surface area (TPSA) is 20.2 Å². The van der Waals surface area contributed by atoms with Crippen LogP contribution in [0.1, 0.15) is 32.1 Å². The summed E-state index contributed by atoms with van der Waals surface area (Å²) in [7, 11) is 0.820. The summed E-state index contributed by atoms with van der Waals surface area (Å²) >= 11 is 0. The third-order valence-corrected chi connectivity index (χ3v) is 3.32. The summed E-state index contributed by atoms with van der Waals surface area (Å²) in [6, 6.07) is 0. The molecule has 0 spiro atoms. The Bertz CT molecular complexity index is 66.6. The predicted molar refractivity (Wildman–Crippen MR) is 42.3 cm³/mol. The van der Waals surface area contributed by atoms with Gasteiger partial charge in [0, 0.05) is 0 Å². The Morgan fingerprint density at radius 1 is 1.22 bits per heavy atom. The van der Waals surface area contributed by atoms with E-state index in [2.05, 4.69) is 0 Å². The minimum atomic E-state index is 0.421. The van der Waals surface area contributed by atoms with Gasteiger partial charge in [0.15, 0.2) is 0 Å². The molecule has 1 atom stereocenters. The Labute approximate surface area is 58.6 Å². The normalized spacial score (nSPS) is 23.7. The molecule has 0 radical (unpaired) electrons. The third-order valence-electron chi connectivity index (χ3n) is 1.99. The molecule has 0 saturated heterocycles. The molecule has 9 heavy (non-hydrogen) atoms. The van der Waals surface area contributed by atoms with E-state index in [0.717, 1.165) is 14.2 Å². The molecular formula is C7H15OP. The van der Waals surface area contributed by atoms with Crippen molar-refractivity contribution in [1.82, 2.24) is 0 Å². The molecule has 1 saturated carbocycles. The fraction of sp³-hybridized carbons (Fsp3) is 1.00. The van der Waals surface area contributed by atoms with Crippen LogP contribution in [0.3, 0.4) is 0 Å². The molecular weight excluding hydrogens is 131 g/mol. The number of aliphatic hydroxyl groups excluding tert-OH is 1. The molecule has 0 bridgehead atoms. The number of hydrogen-bond donors (Lipinski definition) is 1. The second kappa shape index (κ2) is 4.24. The van der Waals surface area contributed by atoms with Crippen LogP contribution in [0.15, 0.2) is 0 Å². The highest BCUT2D eigenvalue weighted by molar-refractivity contribution is 7.38. The zero-order valence-electron chi connectivity index (χ0n) is 5.77. The fourth-order valence-corrected chi connectivity index (χ4v) is 2.51. The molecule has 0 aromatic carbocycles. The molecule has 54 valence electrons. The van der Waals surface area contributed by atoms with Crippen molar-refractivity contribution in [2.45, 2.75) is 37.8 Å². The van der Waals surface area contributed by atoms with Crippen LogP contribution in [0, 0.1) is 0 Å². The van der Waals surface area contributed by atoms with Crippen LogP contribution >= 0.6 is 8.58 Å². The van der Waals surface area contributed by atoms with Gasteiger partial charge in [-0.2, -0.15) is 0 Å². The highest BCUT2D eigenvalue weighted by Crippen LogP contribution is 2.31. The minimum absolute atomic E-state index is 0.421.